The summed E-state index contributed by atoms with van der Waals surface area (Å²) in [5, 5.41) is 8.84. The number of rotatable bonds is 3. The normalized spacial score (nSPS) is 9.73. The number of carbonyl (C=O) groups is 2. The third-order valence-corrected chi connectivity index (χ3v) is 2.04. The minimum atomic E-state index is -1.23. The molecule has 0 atom stereocenters. The predicted molar refractivity (Wildman–Crippen MR) is 54.8 cm³/mol. The smallest absolute Gasteiger partial charge is 0.339 e. The highest BCUT2D eigenvalue weighted by Crippen LogP contribution is 2.28. The Morgan fingerprint density at radius 3 is 2.60 bits per heavy atom. The van der Waals surface area contributed by atoms with Gasteiger partial charge in [0.25, 0.3) is 0 Å². The predicted octanol–water partition coefficient (Wildman–Crippen LogP) is 2.18. The quantitative estimate of drug-likeness (QED) is 0.506. The van der Waals surface area contributed by atoms with Gasteiger partial charge in [0.15, 0.2) is 5.75 Å². The Bertz CT molecular complexity index is 403. The van der Waals surface area contributed by atoms with E-state index in [2.05, 4.69) is 0 Å². The van der Waals surface area contributed by atoms with Crippen LogP contribution >= 0.6 is 23.2 Å². The lowest BCUT2D eigenvalue weighted by atomic mass is 10.2. The van der Waals surface area contributed by atoms with Crippen molar-refractivity contribution in [3.8, 4) is 5.75 Å². The Morgan fingerprint density at radius 1 is 1.40 bits per heavy atom. The fraction of sp³-hybridized carbons (Fsp3) is 0.111. The van der Waals surface area contributed by atoms with Gasteiger partial charge in [-0.2, -0.15) is 0 Å². The maximum absolute atomic E-state index is 10.9. The van der Waals surface area contributed by atoms with Crippen molar-refractivity contribution in [2.24, 2.45) is 0 Å². The number of hydrogen-bond acceptors (Lipinski definition) is 3. The molecule has 1 aromatic carbocycles. The van der Waals surface area contributed by atoms with E-state index in [1.54, 1.807) is 0 Å². The number of halogens is 2. The van der Waals surface area contributed by atoms with Crippen molar-refractivity contribution in [3.63, 3.8) is 0 Å². The number of para-hydroxylation sites is 1. The number of alkyl halides is 1. The zero-order valence-corrected chi connectivity index (χ0v) is 8.88. The van der Waals surface area contributed by atoms with Crippen LogP contribution in [-0.4, -0.2) is 22.9 Å². The molecular formula is C9H6Cl2O4. The molecule has 1 rings (SSSR count). The molecule has 15 heavy (non-hydrogen) atoms. The van der Waals surface area contributed by atoms with Gasteiger partial charge in [-0.1, -0.05) is 17.7 Å². The summed E-state index contributed by atoms with van der Waals surface area (Å²) < 4.78 is 4.70. The van der Waals surface area contributed by atoms with Gasteiger partial charge in [0.2, 0.25) is 0 Å². The largest absolute Gasteiger partial charge is 0.478 e. The fourth-order valence-electron chi connectivity index (χ4n) is 0.922. The zero-order chi connectivity index (χ0) is 11.4. The Hall–Kier alpha value is -1.26. The second-order valence-corrected chi connectivity index (χ2v) is 3.20. The first kappa shape index (κ1) is 11.8. The summed E-state index contributed by atoms with van der Waals surface area (Å²) in [6.07, 6.45) is 0. The van der Waals surface area contributed by atoms with Crippen LogP contribution in [-0.2, 0) is 4.79 Å². The van der Waals surface area contributed by atoms with Crippen molar-refractivity contribution in [3.05, 3.63) is 28.8 Å². The first-order chi connectivity index (χ1) is 7.06. The molecule has 0 aliphatic rings. The minimum Gasteiger partial charge on any atom is -0.478 e. The van der Waals surface area contributed by atoms with Crippen molar-refractivity contribution in [1.82, 2.24) is 0 Å². The number of benzene rings is 1. The summed E-state index contributed by atoms with van der Waals surface area (Å²) in [5.41, 5.74) is -0.180. The molecule has 4 nitrogen and oxygen atoms in total. The number of carboxylic acid groups (broad SMARTS) is 1. The highest BCUT2D eigenvalue weighted by Gasteiger charge is 2.16. The third kappa shape index (κ3) is 2.84. The van der Waals surface area contributed by atoms with E-state index in [1.807, 2.05) is 0 Å². The molecule has 0 spiro atoms. The summed E-state index contributed by atoms with van der Waals surface area (Å²) in [6.45, 7) is 0. The van der Waals surface area contributed by atoms with Crippen LogP contribution in [0.1, 0.15) is 10.4 Å². The van der Waals surface area contributed by atoms with Crippen molar-refractivity contribution < 1.29 is 19.4 Å². The van der Waals surface area contributed by atoms with Crippen LogP contribution in [0.4, 0.5) is 0 Å². The van der Waals surface area contributed by atoms with E-state index < -0.39 is 11.9 Å². The zero-order valence-electron chi connectivity index (χ0n) is 7.37. The molecule has 1 aromatic rings. The Morgan fingerprint density at radius 2 is 2.07 bits per heavy atom. The molecule has 0 radical (unpaired) electrons. The molecule has 0 fully saturated rings. The lowest BCUT2D eigenvalue weighted by molar-refractivity contribution is -0.131. The van der Waals surface area contributed by atoms with Crippen LogP contribution in [0.2, 0.25) is 5.02 Å². The van der Waals surface area contributed by atoms with Gasteiger partial charge >= 0.3 is 11.9 Å². The molecule has 1 N–H and O–H groups in total. The Balaban J connectivity index is 3.13. The van der Waals surface area contributed by atoms with Gasteiger partial charge in [0.05, 0.1) is 5.02 Å². The van der Waals surface area contributed by atoms with Crippen LogP contribution in [0, 0.1) is 0 Å². The average molecular weight is 249 g/mol. The monoisotopic (exact) mass is 248 g/mol. The molecule has 0 saturated carbocycles. The molecule has 0 heterocycles. The molecule has 6 heteroatoms. The van der Waals surface area contributed by atoms with E-state index in [1.165, 1.54) is 18.2 Å². The van der Waals surface area contributed by atoms with Crippen LogP contribution in [0.5, 0.6) is 5.75 Å². The number of aromatic carboxylic acids is 1. The van der Waals surface area contributed by atoms with E-state index in [9.17, 15) is 9.59 Å². The summed E-state index contributed by atoms with van der Waals surface area (Å²) in [5.74, 6) is -2.54. The number of carboxylic acids is 1. The van der Waals surface area contributed by atoms with Gasteiger partial charge in [-0.25, -0.2) is 4.79 Å². The molecular weight excluding hydrogens is 243 g/mol. The highest BCUT2D eigenvalue weighted by molar-refractivity contribution is 6.33. The van der Waals surface area contributed by atoms with E-state index in [-0.39, 0.29) is 22.2 Å². The summed E-state index contributed by atoms with van der Waals surface area (Å²) >= 11 is 10.9. The molecule has 0 unspecified atom stereocenters. The first-order valence-corrected chi connectivity index (χ1v) is 4.76. The average Bonchev–Trinajstić information content (AvgIpc) is 2.20. The fourth-order valence-corrected chi connectivity index (χ4v) is 1.19. The third-order valence-electron chi connectivity index (χ3n) is 1.52. The van der Waals surface area contributed by atoms with Crippen molar-refractivity contribution in [2.75, 3.05) is 5.88 Å². The van der Waals surface area contributed by atoms with E-state index in [4.69, 9.17) is 33.0 Å². The molecule has 0 aliphatic carbocycles. The SMILES string of the molecule is O=C(CCl)Oc1c(Cl)cccc1C(=O)O. The standard InChI is InChI=1S/C9H6Cl2O4/c10-4-7(12)15-8-5(9(13)14)2-1-3-6(8)11/h1-3H,4H2,(H,13,14). The van der Waals surface area contributed by atoms with Gasteiger partial charge in [-0.15, -0.1) is 11.6 Å². The minimum absolute atomic E-state index is 0.0494. The maximum atomic E-state index is 10.9. The van der Waals surface area contributed by atoms with Gasteiger partial charge < -0.3 is 9.84 Å². The second-order valence-electron chi connectivity index (χ2n) is 2.53. The molecule has 80 valence electrons. The van der Waals surface area contributed by atoms with Gasteiger partial charge in [0, 0.05) is 0 Å². The van der Waals surface area contributed by atoms with Crippen molar-refractivity contribution in [2.45, 2.75) is 0 Å². The summed E-state index contributed by atoms with van der Waals surface area (Å²) in [7, 11) is 0. The summed E-state index contributed by atoms with van der Waals surface area (Å²) in [4.78, 5) is 21.7. The Kier molecular flexibility index (Phi) is 3.94. The topological polar surface area (TPSA) is 63.6 Å². The summed E-state index contributed by atoms with van der Waals surface area (Å²) in [6, 6.07) is 4.15. The van der Waals surface area contributed by atoms with Gasteiger partial charge in [-0.05, 0) is 12.1 Å². The Labute approximate surface area is 95.4 Å². The van der Waals surface area contributed by atoms with E-state index in [0.29, 0.717) is 0 Å². The second kappa shape index (κ2) is 5.00. The molecule has 0 saturated heterocycles. The maximum Gasteiger partial charge on any atom is 0.339 e. The number of esters is 1. The molecule has 0 amide bonds. The van der Waals surface area contributed by atoms with Crippen molar-refractivity contribution in [1.29, 1.82) is 0 Å². The van der Waals surface area contributed by atoms with Crippen LogP contribution in [0.15, 0.2) is 18.2 Å². The van der Waals surface area contributed by atoms with Crippen LogP contribution in [0.25, 0.3) is 0 Å². The lowest BCUT2D eigenvalue weighted by Gasteiger charge is -2.07. The number of hydrogen-bond donors (Lipinski definition) is 1. The molecule has 0 aliphatic heterocycles. The van der Waals surface area contributed by atoms with Gasteiger partial charge in [0.1, 0.15) is 11.4 Å². The van der Waals surface area contributed by atoms with Crippen molar-refractivity contribution >= 4 is 35.1 Å². The van der Waals surface area contributed by atoms with Crippen LogP contribution in [0.3, 0.4) is 0 Å². The highest BCUT2D eigenvalue weighted by atomic mass is 35.5. The van der Waals surface area contributed by atoms with Crippen LogP contribution < -0.4 is 4.74 Å². The first-order valence-electron chi connectivity index (χ1n) is 3.84. The van der Waals surface area contributed by atoms with Gasteiger partial charge in [-0.3, -0.25) is 4.79 Å². The molecule has 0 bridgehead atoms. The molecule has 0 aromatic heterocycles. The lowest BCUT2D eigenvalue weighted by Crippen LogP contribution is -2.12. The van der Waals surface area contributed by atoms with E-state index >= 15 is 0 Å². The number of carbonyl (C=O) groups excluding carboxylic acids is 1. The van der Waals surface area contributed by atoms with E-state index in [0.717, 1.165) is 0 Å². The number of ether oxygens (including phenoxy) is 1.